The van der Waals surface area contributed by atoms with Crippen molar-refractivity contribution in [2.45, 2.75) is 58.1 Å². The van der Waals surface area contributed by atoms with Crippen LogP contribution in [0.25, 0.3) is 0 Å². The molecule has 0 aliphatic heterocycles. The molecule has 1 aliphatic rings. The van der Waals surface area contributed by atoms with Crippen molar-refractivity contribution in [2.24, 2.45) is 5.92 Å². The maximum atomic E-state index is 13.7. The lowest BCUT2D eigenvalue weighted by Crippen LogP contribution is -2.46. The van der Waals surface area contributed by atoms with E-state index >= 15 is 0 Å². The molecule has 3 atom stereocenters. The summed E-state index contributed by atoms with van der Waals surface area (Å²) in [4.78, 5) is 24.2. The Balaban J connectivity index is 1.87. The summed E-state index contributed by atoms with van der Waals surface area (Å²) in [5.41, 5.74) is 0.0812. The second-order valence-corrected chi connectivity index (χ2v) is 6.79. The van der Waals surface area contributed by atoms with Crippen LogP contribution in [-0.4, -0.2) is 24.0 Å². The number of ether oxygens (including phenoxy) is 1. The number of hydrogen-bond acceptors (Lipinski definition) is 3. The Morgan fingerprint density at radius 3 is 2.75 bits per heavy atom. The highest BCUT2D eigenvalue weighted by Gasteiger charge is 2.26. The predicted molar refractivity (Wildman–Crippen MR) is 90.2 cm³/mol. The van der Waals surface area contributed by atoms with Gasteiger partial charge in [-0.3, -0.25) is 9.59 Å². The quantitative estimate of drug-likeness (QED) is 0.820. The van der Waals surface area contributed by atoms with Crippen LogP contribution in [0.3, 0.4) is 0 Å². The van der Waals surface area contributed by atoms with Crippen molar-refractivity contribution < 1.29 is 18.7 Å². The molecule has 1 aromatic rings. The average molecular weight is 356 g/mol. The molecular weight excluding hydrogens is 333 g/mol. The van der Waals surface area contributed by atoms with Crippen molar-refractivity contribution >= 4 is 23.5 Å². The summed E-state index contributed by atoms with van der Waals surface area (Å²) < 4.78 is 18.8. The van der Waals surface area contributed by atoms with Gasteiger partial charge in [0.1, 0.15) is 5.82 Å². The maximum absolute atomic E-state index is 13.7. The number of nitrogens with one attached hydrogen (secondary N) is 1. The molecule has 0 aromatic heterocycles. The first kappa shape index (κ1) is 18.7. The average Bonchev–Trinajstić information content (AvgIpc) is 2.53. The van der Waals surface area contributed by atoms with E-state index in [1.54, 1.807) is 0 Å². The molecule has 1 aliphatic carbocycles. The lowest BCUT2D eigenvalue weighted by atomic mass is 9.86. The zero-order chi connectivity index (χ0) is 17.7. The molecule has 0 heterocycles. The van der Waals surface area contributed by atoms with Crippen LogP contribution in [-0.2, 0) is 20.7 Å². The van der Waals surface area contributed by atoms with E-state index in [9.17, 15) is 14.0 Å². The van der Waals surface area contributed by atoms with Crippen LogP contribution < -0.4 is 5.32 Å². The second-order valence-electron chi connectivity index (χ2n) is 6.39. The minimum absolute atomic E-state index is 0.0812. The summed E-state index contributed by atoms with van der Waals surface area (Å²) >= 11 is 5.89. The van der Waals surface area contributed by atoms with Gasteiger partial charge in [-0.2, -0.15) is 0 Å². The van der Waals surface area contributed by atoms with Crippen molar-refractivity contribution in [3.8, 4) is 0 Å². The third kappa shape index (κ3) is 4.94. The second kappa shape index (κ2) is 8.47. The normalized spacial score (nSPS) is 21.8. The fraction of sp³-hybridized carbons (Fsp3) is 0.556. The van der Waals surface area contributed by atoms with E-state index in [-0.39, 0.29) is 29.0 Å². The van der Waals surface area contributed by atoms with Crippen LogP contribution in [0.4, 0.5) is 4.39 Å². The largest absolute Gasteiger partial charge is 0.452 e. The first-order valence-electron chi connectivity index (χ1n) is 8.31. The highest BCUT2D eigenvalue weighted by molar-refractivity contribution is 6.31. The predicted octanol–water partition coefficient (Wildman–Crippen LogP) is 3.65. The van der Waals surface area contributed by atoms with Gasteiger partial charge in [0, 0.05) is 16.6 Å². The lowest BCUT2D eigenvalue weighted by Gasteiger charge is -2.30. The molecule has 6 heteroatoms. The Hall–Kier alpha value is -1.62. The Labute approximate surface area is 146 Å². The molecule has 0 unspecified atom stereocenters. The SMILES string of the molecule is C[C@@H](OC(=O)Cc1c(F)cccc1Cl)C(=O)N[C@H]1CCCC[C@@H]1C. The summed E-state index contributed by atoms with van der Waals surface area (Å²) in [6, 6.07) is 4.32. The molecule has 1 amide bonds. The third-order valence-electron chi connectivity index (χ3n) is 4.50. The Morgan fingerprint density at radius 1 is 1.38 bits per heavy atom. The number of carbonyl (C=O) groups is 2. The van der Waals surface area contributed by atoms with E-state index in [0.717, 1.165) is 19.3 Å². The monoisotopic (exact) mass is 355 g/mol. The van der Waals surface area contributed by atoms with Crippen molar-refractivity contribution in [1.29, 1.82) is 0 Å². The molecule has 0 saturated heterocycles. The number of esters is 1. The highest BCUT2D eigenvalue weighted by Crippen LogP contribution is 2.24. The molecule has 0 spiro atoms. The Kier molecular flexibility index (Phi) is 6.60. The van der Waals surface area contributed by atoms with Gasteiger partial charge in [-0.25, -0.2) is 4.39 Å². The standard InChI is InChI=1S/C18H23ClFNO3/c1-11-6-3-4-9-16(11)21-18(23)12(2)24-17(22)10-13-14(19)7-5-8-15(13)20/h5,7-8,11-12,16H,3-4,6,9-10H2,1-2H3,(H,21,23)/t11-,12+,16-/m0/s1. The van der Waals surface area contributed by atoms with Crippen LogP contribution in [0.5, 0.6) is 0 Å². The summed E-state index contributed by atoms with van der Waals surface area (Å²) in [5.74, 6) is -1.14. The molecule has 1 N–H and O–H groups in total. The van der Waals surface area contributed by atoms with Gasteiger partial charge in [0.25, 0.3) is 5.91 Å². The first-order chi connectivity index (χ1) is 11.4. The van der Waals surface area contributed by atoms with E-state index in [0.29, 0.717) is 5.92 Å². The van der Waals surface area contributed by atoms with Crippen molar-refractivity contribution in [1.82, 2.24) is 5.32 Å². The molecule has 132 valence electrons. The number of rotatable bonds is 5. The molecular formula is C18H23ClFNO3. The Morgan fingerprint density at radius 2 is 2.08 bits per heavy atom. The lowest BCUT2D eigenvalue weighted by molar-refractivity contribution is -0.154. The van der Waals surface area contributed by atoms with E-state index in [2.05, 4.69) is 12.2 Å². The van der Waals surface area contributed by atoms with Crippen molar-refractivity contribution in [3.05, 3.63) is 34.6 Å². The number of benzene rings is 1. The number of hydrogen-bond donors (Lipinski definition) is 1. The van der Waals surface area contributed by atoms with Gasteiger partial charge >= 0.3 is 5.97 Å². The molecule has 1 aromatic carbocycles. The fourth-order valence-corrected chi connectivity index (χ4v) is 3.20. The summed E-state index contributed by atoms with van der Waals surface area (Å²) in [7, 11) is 0. The van der Waals surface area contributed by atoms with Gasteiger partial charge in [0.15, 0.2) is 6.10 Å². The molecule has 1 saturated carbocycles. The van der Waals surface area contributed by atoms with Crippen LogP contribution in [0.1, 0.15) is 45.1 Å². The summed E-state index contributed by atoms with van der Waals surface area (Å²) in [6.07, 6.45) is 3.08. The van der Waals surface area contributed by atoms with Gasteiger partial charge in [0.05, 0.1) is 6.42 Å². The molecule has 2 rings (SSSR count). The minimum Gasteiger partial charge on any atom is -0.452 e. The number of amides is 1. The fourth-order valence-electron chi connectivity index (χ4n) is 2.97. The van der Waals surface area contributed by atoms with E-state index in [1.807, 2.05) is 0 Å². The van der Waals surface area contributed by atoms with Crippen LogP contribution >= 0.6 is 11.6 Å². The topological polar surface area (TPSA) is 55.4 Å². The number of halogens is 2. The van der Waals surface area contributed by atoms with Gasteiger partial charge < -0.3 is 10.1 Å². The maximum Gasteiger partial charge on any atom is 0.311 e. The molecule has 24 heavy (non-hydrogen) atoms. The summed E-state index contributed by atoms with van der Waals surface area (Å²) in [5, 5.41) is 3.11. The summed E-state index contributed by atoms with van der Waals surface area (Å²) in [6.45, 7) is 3.63. The smallest absolute Gasteiger partial charge is 0.311 e. The molecule has 4 nitrogen and oxygen atoms in total. The molecule has 0 radical (unpaired) electrons. The van der Waals surface area contributed by atoms with E-state index < -0.39 is 17.9 Å². The van der Waals surface area contributed by atoms with Gasteiger partial charge in [0.2, 0.25) is 0 Å². The zero-order valence-corrected chi connectivity index (χ0v) is 14.7. The van der Waals surface area contributed by atoms with Gasteiger partial charge in [-0.15, -0.1) is 0 Å². The number of carbonyl (C=O) groups excluding carboxylic acids is 2. The molecule has 1 fully saturated rings. The van der Waals surface area contributed by atoms with Crippen LogP contribution in [0.15, 0.2) is 18.2 Å². The van der Waals surface area contributed by atoms with Gasteiger partial charge in [-0.1, -0.05) is 37.4 Å². The molecule has 0 bridgehead atoms. The minimum atomic E-state index is -0.919. The van der Waals surface area contributed by atoms with E-state index in [4.69, 9.17) is 16.3 Å². The van der Waals surface area contributed by atoms with Crippen LogP contribution in [0, 0.1) is 11.7 Å². The third-order valence-corrected chi connectivity index (χ3v) is 4.85. The zero-order valence-electron chi connectivity index (χ0n) is 14.0. The van der Waals surface area contributed by atoms with Crippen molar-refractivity contribution in [3.63, 3.8) is 0 Å². The highest BCUT2D eigenvalue weighted by atomic mass is 35.5. The van der Waals surface area contributed by atoms with Crippen molar-refractivity contribution in [2.75, 3.05) is 0 Å². The Bertz CT molecular complexity index is 588. The van der Waals surface area contributed by atoms with E-state index in [1.165, 1.54) is 31.5 Å². The van der Waals surface area contributed by atoms with Gasteiger partial charge in [-0.05, 0) is 37.8 Å². The van der Waals surface area contributed by atoms with Crippen LogP contribution in [0.2, 0.25) is 5.02 Å². The first-order valence-corrected chi connectivity index (χ1v) is 8.69.